The fraction of sp³-hybridized carbons (Fsp3) is 0.615. The van der Waals surface area contributed by atoms with Gasteiger partial charge in [0, 0.05) is 15.8 Å². The number of halogens is 4. The number of nitrogens with zero attached hydrogens (tertiary/aromatic N) is 1. The summed E-state index contributed by atoms with van der Waals surface area (Å²) in [5.41, 5.74) is 0. The van der Waals surface area contributed by atoms with Crippen molar-refractivity contribution in [3.63, 3.8) is 0 Å². The van der Waals surface area contributed by atoms with Gasteiger partial charge in [-0.1, -0.05) is 26.2 Å². The quantitative estimate of drug-likeness (QED) is 0.487. The summed E-state index contributed by atoms with van der Waals surface area (Å²) in [4.78, 5) is 3.85. The number of hydrogen-bond acceptors (Lipinski definition) is 2. The maximum atomic E-state index is 12.8. The van der Waals surface area contributed by atoms with Gasteiger partial charge in [-0.3, -0.25) is 0 Å². The van der Waals surface area contributed by atoms with Crippen molar-refractivity contribution in [1.29, 1.82) is 0 Å². The maximum absolute atomic E-state index is 12.8. The average Bonchev–Trinajstić information content (AvgIpc) is 2.34. The Morgan fingerprint density at radius 3 is 2.53 bits per heavy atom. The van der Waals surface area contributed by atoms with Crippen LogP contribution in [0.25, 0.3) is 0 Å². The number of pyridine rings is 1. The molecule has 0 fully saturated rings. The zero-order chi connectivity index (χ0) is 14.3. The van der Waals surface area contributed by atoms with Crippen LogP contribution in [-0.2, 0) is 0 Å². The highest BCUT2D eigenvalue weighted by Gasteiger charge is 2.41. The van der Waals surface area contributed by atoms with Gasteiger partial charge in [0.1, 0.15) is 0 Å². The van der Waals surface area contributed by atoms with E-state index in [1.165, 1.54) is 12.3 Å². The normalized spacial score (nSPS) is 13.3. The van der Waals surface area contributed by atoms with Gasteiger partial charge in [0.2, 0.25) is 5.88 Å². The number of unbranched alkanes of at least 4 members (excludes halogenated alkanes) is 3. The molecule has 0 N–H and O–H groups in total. The van der Waals surface area contributed by atoms with Crippen molar-refractivity contribution < 1.29 is 17.9 Å². The minimum atomic E-state index is -4.35. The molecule has 1 aromatic rings. The van der Waals surface area contributed by atoms with Gasteiger partial charge in [-0.25, -0.2) is 4.98 Å². The molecule has 0 saturated heterocycles. The van der Waals surface area contributed by atoms with Crippen LogP contribution in [0.2, 0.25) is 0 Å². The molecule has 0 spiro atoms. The summed E-state index contributed by atoms with van der Waals surface area (Å²) < 4.78 is 44.4. The van der Waals surface area contributed by atoms with Gasteiger partial charge in [-0.05, 0) is 41.5 Å². The monoisotopic (exact) mass is 387 g/mol. The molecule has 0 radical (unpaired) electrons. The van der Waals surface area contributed by atoms with E-state index < -0.39 is 12.3 Å². The summed E-state index contributed by atoms with van der Waals surface area (Å²) in [6, 6.07) is 3.14. The summed E-state index contributed by atoms with van der Waals surface area (Å²) in [5.74, 6) is 0.0261. The molecule has 0 aromatic carbocycles. The van der Waals surface area contributed by atoms with E-state index in [4.69, 9.17) is 4.74 Å². The molecule has 19 heavy (non-hydrogen) atoms. The summed E-state index contributed by atoms with van der Waals surface area (Å²) in [5, 5.41) is 0. The molecule has 1 aromatic heterocycles. The fourth-order valence-electron chi connectivity index (χ4n) is 1.62. The first-order valence-electron chi connectivity index (χ1n) is 6.28. The Morgan fingerprint density at radius 2 is 2.00 bits per heavy atom. The van der Waals surface area contributed by atoms with E-state index in [1.807, 2.05) is 29.5 Å². The summed E-state index contributed by atoms with van der Waals surface area (Å²) in [6.07, 6.45) is -1.39. The molecule has 1 heterocycles. The second-order valence-corrected chi connectivity index (χ2v) is 5.56. The largest absolute Gasteiger partial charge is 0.465 e. The van der Waals surface area contributed by atoms with Crippen LogP contribution in [0.3, 0.4) is 0 Å². The second-order valence-electron chi connectivity index (χ2n) is 4.31. The Hall–Kier alpha value is -0.530. The molecule has 0 aliphatic heterocycles. The van der Waals surface area contributed by atoms with E-state index >= 15 is 0 Å². The number of rotatable bonds is 7. The van der Waals surface area contributed by atoms with Gasteiger partial charge in [0.15, 0.2) is 6.10 Å². The van der Waals surface area contributed by atoms with Crippen molar-refractivity contribution in [1.82, 2.24) is 4.98 Å². The fourth-order valence-corrected chi connectivity index (χ4v) is 1.94. The van der Waals surface area contributed by atoms with Crippen LogP contribution in [0.5, 0.6) is 5.88 Å². The van der Waals surface area contributed by atoms with Crippen LogP contribution < -0.4 is 4.74 Å². The van der Waals surface area contributed by atoms with Crippen molar-refractivity contribution in [2.24, 2.45) is 0 Å². The first-order chi connectivity index (χ1) is 8.93. The topological polar surface area (TPSA) is 22.1 Å². The van der Waals surface area contributed by atoms with Crippen molar-refractivity contribution in [3.8, 4) is 5.88 Å². The van der Waals surface area contributed by atoms with Crippen LogP contribution in [-0.4, -0.2) is 17.3 Å². The van der Waals surface area contributed by atoms with Gasteiger partial charge in [-0.2, -0.15) is 13.2 Å². The highest BCUT2D eigenvalue weighted by Crippen LogP contribution is 2.28. The molecule has 1 rings (SSSR count). The smallest absolute Gasteiger partial charge is 0.425 e. The Bertz CT molecular complexity index is 367. The highest BCUT2D eigenvalue weighted by molar-refractivity contribution is 14.1. The minimum absolute atomic E-state index is 0.0167. The van der Waals surface area contributed by atoms with Crippen LogP contribution in [0.4, 0.5) is 13.2 Å². The lowest BCUT2D eigenvalue weighted by Crippen LogP contribution is -2.34. The van der Waals surface area contributed by atoms with E-state index in [1.54, 1.807) is 6.07 Å². The molecule has 0 amide bonds. The van der Waals surface area contributed by atoms with E-state index in [-0.39, 0.29) is 12.3 Å². The molecule has 0 aliphatic carbocycles. The second kappa shape index (κ2) is 7.91. The molecule has 0 aliphatic rings. The third-order valence-electron chi connectivity index (χ3n) is 2.65. The number of aromatic nitrogens is 1. The molecular weight excluding hydrogens is 370 g/mol. The van der Waals surface area contributed by atoms with Gasteiger partial charge in [0.25, 0.3) is 0 Å². The van der Waals surface area contributed by atoms with Crippen LogP contribution >= 0.6 is 22.6 Å². The molecule has 108 valence electrons. The first-order valence-corrected chi connectivity index (χ1v) is 7.36. The standard InChI is InChI=1S/C13H17F3INO/c1-2-3-4-5-6-11(13(14,15)16)19-12-8-7-10(17)9-18-12/h7-9,11H,2-6H2,1H3. The predicted molar refractivity (Wildman–Crippen MR) is 76.2 cm³/mol. The molecule has 0 saturated carbocycles. The van der Waals surface area contributed by atoms with Crippen molar-refractivity contribution in [2.75, 3.05) is 0 Å². The number of ether oxygens (including phenoxy) is 1. The van der Waals surface area contributed by atoms with Gasteiger partial charge in [-0.15, -0.1) is 0 Å². The lowest BCUT2D eigenvalue weighted by atomic mass is 10.1. The highest BCUT2D eigenvalue weighted by atomic mass is 127. The summed E-state index contributed by atoms with van der Waals surface area (Å²) in [6.45, 7) is 2.02. The lowest BCUT2D eigenvalue weighted by molar-refractivity contribution is -0.197. The van der Waals surface area contributed by atoms with Crippen molar-refractivity contribution in [2.45, 2.75) is 51.3 Å². The molecule has 2 nitrogen and oxygen atoms in total. The summed E-state index contributed by atoms with van der Waals surface area (Å²) in [7, 11) is 0. The zero-order valence-corrected chi connectivity index (χ0v) is 12.9. The molecule has 1 atom stereocenters. The van der Waals surface area contributed by atoms with Crippen LogP contribution in [0.15, 0.2) is 18.3 Å². The van der Waals surface area contributed by atoms with E-state index in [2.05, 4.69) is 4.98 Å². The van der Waals surface area contributed by atoms with E-state index in [0.717, 1.165) is 22.8 Å². The SMILES string of the molecule is CCCCCCC(Oc1ccc(I)cn1)C(F)(F)F. The predicted octanol–water partition coefficient (Wildman–Crippen LogP) is 4.97. The first kappa shape index (κ1) is 16.5. The van der Waals surface area contributed by atoms with E-state index in [9.17, 15) is 13.2 Å². The third kappa shape index (κ3) is 6.44. The third-order valence-corrected chi connectivity index (χ3v) is 3.29. The maximum Gasteiger partial charge on any atom is 0.425 e. The molecular formula is C13H17F3INO. The Morgan fingerprint density at radius 1 is 1.26 bits per heavy atom. The van der Waals surface area contributed by atoms with E-state index in [0.29, 0.717) is 6.42 Å². The van der Waals surface area contributed by atoms with Gasteiger partial charge >= 0.3 is 6.18 Å². The molecule has 0 bridgehead atoms. The number of hydrogen-bond donors (Lipinski definition) is 0. The Kier molecular flexibility index (Phi) is 6.88. The van der Waals surface area contributed by atoms with Gasteiger partial charge in [0.05, 0.1) is 0 Å². The average molecular weight is 387 g/mol. The Balaban J connectivity index is 2.57. The molecule has 1 unspecified atom stereocenters. The lowest BCUT2D eigenvalue weighted by Gasteiger charge is -2.21. The van der Waals surface area contributed by atoms with Crippen LogP contribution in [0.1, 0.15) is 39.0 Å². The minimum Gasteiger partial charge on any atom is -0.465 e. The van der Waals surface area contributed by atoms with Crippen LogP contribution in [0, 0.1) is 3.57 Å². The summed E-state index contributed by atoms with van der Waals surface area (Å²) >= 11 is 2.04. The van der Waals surface area contributed by atoms with Crippen molar-refractivity contribution >= 4 is 22.6 Å². The van der Waals surface area contributed by atoms with Gasteiger partial charge < -0.3 is 4.74 Å². The zero-order valence-electron chi connectivity index (χ0n) is 10.7. The number of alkyl halides is 3. The Labute approximate surface area is 124 Å². The van der Waals surface area contributed by atoms with Crippen molar-refractivity contribution in [3.05, 3.63) is 21.9 Å². The molecule has 6 heteroatoms.